The van der Waals surface area contributed by atoms with E-state index >= 15 is 0 Å². The van der Waals surface area contributed by atoms with Crippen LogP contribution in [0.4, 0.5) is 5.69 Å². The number of carbonyl (C=O) groups is 2. The number of non-ortho nitro benzene ring substituents is 1. The van der Waals surface area contributed by atoms with E-state index in [2.05, 4.69) is 0 Å². The number of pyridine rings is 1. The molecule has 0 bridgehead atoms. The van der Waals surface area contributed by atoms with Crippen LogP contribution in [0, 0.1) is 10.1 Å². The highest BCUT2D eigenvalue weighted by Gasteiger charge is 2.32. The van der Waals surface area contributed by atoms with Crippen molar-refractivity contribution in [3.63, 3.8) is 0 Å². The second-order valence-electron chi connectivity index (χ2n) is 8.41. The molecule has 0 atom stereocenters. The zero-order valence-electron chi connectivity index (χ0n) is 18.5. The summed E-state index contributed by atoms with van der Waals surface area (Å²) in [6.07, 6.45) is 4.61. The van der Waals surface area contributed by atoms with Gasteiger partial charge in [0.2, 0.25) is 0 Å². The highest BCUT2D eigenvalue weighted by atomic mass is 16.6. The lowest BCUT2D eigenvalue weighted by Gasteiger charge is -2.26. The number of piperidine rings is 1. The van der Waals surface area contributed by atoms with E-state index in [0.717, 1.165) is 35.9 Å². The molecule has 0 unspecified atom stereocenters. The second kappa shape index (κ2) is 8.94. The van der Waals surface area contributed by atoms with Crippen molar-refractivity contribution in [2.45, 2.75) is 19.3 Å². The third-order valence-electron chi connectivity index (χ3n) is 6.33. The summed E-state index contributed by atoms with van der Waals surface area (Å²) in [6, 6.07) is 21.4. The predicted molar refractivity (Wildman–Crippen MR) is 130 cm³/mol. The van der Waals surface area contributed by atoms with Gasteiger partial charge in [0.15, 0.2) is 0 Å². The summed E-state index contributed by atoms with van der Waals surface area (Å²) in [5.41, 5.74) is 3.97. The Hall–Kier alpha value is -4.26. The molecule has 170 valence electrons. The van der Waals surface area contributed by atoms with Gasteiger partial charge in [-0.3, -0.25) is 19.7 Å². The highest BCUT2D eigenvalue weighted by molar-refractivity contribution is 6.44. The molecule has 3 heterocycles. The Morgan fingerprint density at radius 3 is 2.09 bits per heavy atom. The number of amides is 1. The Morgan fingerprint density at radius 1 is 0.765 bits per heavy atom. The van der Waals surface area contributed by atoms with Crippen molar-refractivity contribution >= 4 is 22.9 Å². The Bertz CT molecular complexity index is 1380. The van der Waals surface area contributed by atoms with Crippen LogP contribution in [0.25, 0.3) is 27.8 Å². The number of hydrogen-bond acceptors (Lipinski definition) is 4. The van der Waals surface area contributed by atoms with Crippen molar-refractivity contribution in [2.75, 3.05) is 13.1 Å². The summed E-state index contributed by atoms with van der Waals surface area (Å²) < 4.78 is 1.77. The molecule has 0 N–H and O–H groups in total. The fourth-order valence-electron chi connectivity index (χ4n) is 4.70. The zero-order chi connectivity index (χ0) is 23.7. The van der Waals surface area contributed by atoms with E-state index in [1.165, 1.54) is 12.1 Å². The van der Waals surface area contributed by atoms with Crippen molar-refractivity contribution in [3.8, 4) is 22.3 Å². The molecule has 0 aliphatic carbocycles. The van der Waals surface area contributed by atoms with Gasteiger partial charge in [-0.05, 0) is 54.7 Å². The zero-order valence-corrected chi connectivity index (χ0v) is 18.5. The van der Waals surface area contributed by atoms with Gasteiger partial charge in [0.1, 0.15) is 5.69 Å². The van der Waals surface area contributed by atoms with Crippen molar-refractivity contribution in [3.05, 3.63) is 94.8 Å². The molecule has 2 aromatic carbocycles. The number of fused-ring (bicyclic) bond motifs is 1. The van der Waals surface area contributed by atoms with Crippen LogP contribution < -0.4 is 0 Å². The van der Waals surface area contributed by atoms with E-state index < -0.39 is 16.6 Å². The molecule has 0 saturated carbocycles. The third kappa shape index (κ3) is 3.75. The molecule has 34 heavy (non-hydrogen) atoms. The predicted octanol–water partition coefficient (Wildman–Crippen LogP) is 5.38. The minimum Gasteiger partial charge on any atom is -0.336 e. The maximum absolute atomic E-state index is 13.8. The Balaban J connectivity index is 1.77. The molecule has 4 aromatic rings. The van der Waals surface area contributed by atoms with Gasteiger partial charge in [0.25, 0.3) is 17.4 Å². The summed E-state index contributed by atoms with van der Waals surface area (Å²) in [5, 5.41) is 11.2. The largest absolute Gasteiger partial charge is 0.336 e. The van der Waals surface area contributed by atoms with Crippen molar-refractivity contribution in [1.29, 1.82) is 0 Å². The molecule has 1 aliphatic heterocycles. The molecule has 7 heteroatoms. The Labute approximate surface area is 196 Å². The molecule has 1 aliphatic rings. The second-order valence-corrected chi connectivity index (χ2v) is 8.41. The van der Waals surface area contributed by atoms with E-state index in [-0.39, 0.29) is 11.4 Å². The Kier molecular flexibility index (Phi) is 5.67. The molecule has 0 spiro atoms. The maximum Gasteiger partial charge on any atom is 0.296 e. The van der Waals surface area contributed by atoms with Gasteiger partial charge in [0, 0.05) is 42.5 Å². The summed E-state index contributed by atoms with van der Waals surface area (Å²) in [5.74, 6) is -1.08. The van der Waals surface area contributed by atoms with E-state index in [1.807, 2.05) is 48.5 Å². The first kappa shape index (κ1) is 21.6. The van der Waals surface area contributed by atoms with E-state index in [4.69, 9.17) is 0 Å². The van der Waals surface area contributed by atoms with Gasteiger partial charge >= 0.3 is 0 Å². The maximum atomic E-state index is 13.8. The SMILES string of the molecule is O=C(C(=O)N1CCCCC1)c1c(-c2ccc([N+](=O)[O-])cc2)c(-c2ccccc2)c2ccccn12. The number of benzene rings is 2. The van der Waals surface area contributed by atoms with Gasteiger partial charge in [-0.1, -0.05) is 36.4 Å². The van der Waals surface area contributed by atoms with Crippen LogP contribution in [0.2, 0.25) is 0 Å². The first-order valence-electron chi connectivity index (χ1n) is 11.3. The lowest BCUT2D eigenvalue weighted by atomic mass is 9.94. The molecule has 7 nitrogen and oxygen atoms in total. The van der Waals surface area contributed by atoms with Crippen LogP contribution in [-0.4, -0.2) is 39.0 Å². The standard InChI is InChI=1S/C27H23N3O4/c31-26(27(32)28-16-6-2-7-17-28)25-24(20-12-14-21(15-13-20)30(33)34)23(19-9-3-1-4-10-19)22-11-5-8-18-29(22)25/h1,3-5,8-15,18H,2,6-7,16-17H2. The molecular formula is C27H23N3O4. The van der Waals surface area contributed by atoms with Crippen molar-refractivity contribution < 1.29 is 14.5 Å². The van der Waals surface area contributed by atoms with Gasteiger partial charge in [-0.15, -0.1) is 0 Å². The van der Waals surface area contributed by atoms with Crippen molar-refractivity contribution in [2.24, 2.45) is 0 Å². The minimum absolute atomic E-state index is 0.0361. The quantitative estimate of drug-likeness (QED) is 0.176. The van der Waals surface area contributed by atoms with Gasteiger partial charge < -0.3 is 9.30 Å². The van der Waals surface area contributed by atoms with Crippen LogP contribution in [0.3, 0.4) is 0 Å². The number of nitro benzene ring substituents is 1. The number of carbonyl (C=O) groups excluding carboxylic acids is 2. The number of ketones is 1. The molecule has 2 aromatic heterocycles. The van der Waals surface area contributed by atoms with Crippen LogP contribution in [0.5, 0.6) is 0 Å². The van der Waals surface area contributed by atoms with E-state index in [0.29, 0.717) is 24.2 Å². The van der Waals surface area contributed by atoms with Crippen molar-refractivity contribution in [1.82, 2.24) is 9.30 Å². The summed E-state index contributed by atoms with van der Waals surface area (Å²) in [4.78, 5) is 39.4. The number of nitro groups is 1. The lowest BCUT2D eigenvalue weighted by Crippen LogP contribution is -2.40. The topological polar surface area (TPSA) is 84.9 Å². The molecule has 5 rings (SSSR count). The summed E-state index contributed by atoms with van der Waals surface area (Å²) >= 11 is 0. The normalized spacial score (nSPS) is 13.7. The molecule has 0 radical (unpaired) electrons. The minimum atomic E-state index is -0.571. The Morgan fingerprint density at radius 2 is 1.41 bits per heavy atom. The van der Waals surface area contributed by atoms with Crippen LogP contribution >= 0.6 is 0 Å². The number of nitrogens with zero attached hydrogens (tertiary/aromatic N) is 3. The average molecular weight is 453 g/mol. The summed E-state index contributed by atoms with van der Waals surface area (Å²) in [7, 11) is 0. The third-order valence-corrected chi connectivity index (χ3v) is 6.33. The summed E-state index contributed by atoms with van der Waals surface area (Å²) in [6.45, 7) is 1.15. The van der Waals surface area contributed by atoms with Crippen LogP contribution in [0.1, 0.15) is 29.8 Å². The first-order valence-corrected chi connectivity index (χ1v) is 11.3. The average Bonchev–Trinajstić information content (AvgIpc) is 3.24. The van der Waals surface area contributed by atoms with E-state index in [9.17, 15) is 19.7 Å². The number of likely N-dealkylation sites (tertiary alicyclic amines) is 1. The highest BCUT2D eigenvalue weighted by Crippen LogP contribution is 2.41. The number of hydrogen-bond donors (Lipinski definition) is 0. The smallest absolute Gasteiger partial charge is 0.296 e. The monoisotopic (exact) mass is 453 g/mol. The fourth-order valence-corrected chi connectivity index (χ4v) is 4.70. The fraction of sp³-hybridized carbons (Fsp3) is 0.185. The number of aromatic nitrogens is 1. The first-order chi connectivity index (χ1) is 16.6. The lowest BCUT2D eigenvalue weighted by molar-refractivity contribution is -0.384. The van der Waals surface area contributed by atoms with Gasteiger partial charge in [0.05, 0.1) is 10.4 Å². The number of rotatable bonds is 5. The molecule has 1 amide bonds. The molecular weight excluding hydrogens is 430 g/mol. The van der Waals surface area contributed by atoms with Crippen LogP contribution in [0.15, 0.2) is 79.0 Å². The molecule has 1 fully saturated rings. The van der Waals surface area contributed by atoms with Gasteiger partial charge in [-0.25, -0.2) is 0 Å². The van der Waals surface area contributed by atoms with Crippen LogP contribution in [-0.2, 0) is 4.79 Å². The number of Topliss-reactive ketones (excluding diaryl/α,β-unsaturated/α-hetero) is 1. The van der Waals surface area contributed by atoms with Gasteiger partial charge in [-0.2, -0.15) is 0 Å². The molecule has 1 saturated heterocycles. The van der Waals surface area contributed by atoms with E-state index in [1.54, 1.807) is 27.6 Å².